The summed E-state index contributed by atoms with van der Waals surface area (Å²) in [7, 11) is 1.39. The van der Waals surface area contributed by atoms with Crippen LogP contribution in [0.15, 0.2) is 18.2 Å². The van der Waals surface area contributed by atoms with Crippen LogP contribution in [0.1, 0.15) is 6.92 Å². The van der Waals surface area contributed by atoms with E-state index in [1.54, 1.807) is 6.07 Å². The molecule has 1 amide bonds. The van der Waals surface area contributed by atoms with Gasteiger partial charge in [0.25, 0.3) is 0 Å². The Hall–Kier alpha value is -1.62. The van der Waals surface area contributed by atoms with Crippen molar-refractivity contribution in [2.45, 2.75) is 6.92 Å². The van der Waals surface area contributed by atoms with Crippen molar-refractivity contribution < 1.29 is 13.9 Å². The quantitative estimate of drug-likeness (QED) is 0.797. The van der Waals surface area contributed by atoms with E-state index in [1.807, 2.05) is 6.92 Å². The van der Waals surface area contributed by atoms with Gasteiger partial charge in [0, 0.05) is 11.8 Å². The lowest BCUT2D eigenvalue weighted by Crippen LogP contribution is -2.27. The first-order valence-corrected chi connectivity index (χ1v) is 5.01. The van der Waals surface area contributed by atoms with Crippen LogP contribution in [0.25, 0.3) is 0 Å². The van der Waals surface area contributed by atoms with E-state index in [1.165, 1.54) is 19.2 Å². The van der Waals surface area contributed by atoms with Crippen molar-refractivity contribution in [3.05, 3.63) is 24.0 Å². The van der Waals surface area contributed by atoms with E-state index in [0.29, 0.717) is 12.2 Å². The van der Waals surface area contributed by atoms with E-state index >= 15 is 0 Å². The summed E-state index contributed by atoms with van der Waals surface area (Å²) in [6.07, 6.45) is 0. The average molecular weight is 226 g/mol. The molecule has 16 heavy (non-hydrogen) atoms. The van der Waals surface area contributed by atoms with Crippen molar-refractivity contribution in [3.63, 3.8) is 0 Å². The van der Waals surface area contributed by atoms with Gasteiger partial charge in [0.2, 0.25) is 5.91 Å². The highest BCUT2D eigenvalue weighted by atomic mass is 19.1. The molecule has 0 aliphatic heterocycles. The van der Waals surface area contributed by atoms with E-state index in [9.17, 15) is 9.18 Å². The fraction of sp³-hybridized carbons (Fsp3) is 0.364. The zero-order chi connectivity index (χ0) is 12.0. The summed E-state index contributed by atoms with van der Waals surface area (Å²) in [6, 6.07) is 4.28. The molecule has 0 saturated carbocycles. The molecule has 0 atom stereocenters. The summed E-state index contributed by atoms with van der Waals surface area (Å²) in [4.78, 5) is 11.3. The Morgan fingerprint density at radius 2 is 2.25 bits per heavy atom. The van der Waals surface area contributed by atoms with Crippen LogP contribution in [0.2, 0.25) is 0 Å². The summed E-state index contributed by atoms with van der Waals surface area (Å²) >= 11 is 0. The van der Waals surface area contributed by atoms with E-state index in [0.717, 1.165) is 0 Å². The molecular formula is C11H15FN2O2. The largest absolute Gasteiger partial charge is 0.494 e. The summed E-state index contributed by atoms with van der Waals surface area (Å²) in [6.45, 7) is 2.83. The van der Waals surface area contributed by atoms with Crippen molar-refractivity contribution in [2.24, 2.45) is 0 Å². The first-order valence-electron chi connectivity index (χ1n) is 5.01. The number of hydrogen-bond donors (Lipinski definition) is 2. The molecule has 1 rings (SSSR count). The van der Waals surface area contributed by atoms with Crippen LogP contribution in [0, 0.1) is 5.82 Å². The Morgan fingerprint density at radius 3 is 2.81 bits per heavy atom. The number of likely N-dealkylation sites (N-methyl/N-ethyl adjacent to an activating group) is 1. The molecule has 0 aliphatic rings. The maximum absolute atomic E-state index is 13.3. The molecular weight excluding hydrogens is 211 g/mol. The zero-order valence-electron chi connectivity index (χ0n) is 9.34. The Labute approximate surface area is 93.8 Å². The predicted molar refractivity (Wildman–Crippen MR) is 60.1 cm³/mol. The van der Waals surface area contributed by atoms with E-state index < -0.39 is 5.82 Å². The normalized spacial score (nSPS) is 9.94. The number of nitrogens with one attached hydrogen (secondary N) is 2. The molecule has 0 radical (unpaired) electrons. The van der Waals surface area contributed by atoms with Gasteiger partial charge in [-0.25, -0.2) is 4.39 Å². The van der Waals surface area contributed by atoms with Crippen molar-refractivity contribution in [3.8, 4) is 5.75 Å². The molecule has 1 aromatic carbocycles. The molecule has 1 aromatic rings. The predicted octanol–water partition coefficient (Wildman–Crippen LogP) is 1.38. The van der Waals surface area contributed by atoms with Gasteiger partial charge in [-0.2, -0.15) is 0 Å². The maximum Gasteiger partial charge on any atom is 0.238 e. The van der Waals surface area contributed by atoms with Crippen molar-refractivity contribution in [1.29, 1.82) is 0 Å². The molecule has 5 heteroatoms. The summed E-state index contributed by atoms with van der Waals surface area (Å²) in [5.74, 6) is -0.542. The average Bonchev–Trinajstić information content (AvgIpc) is 2.26. The smallest absolute Gasteiger partial charge is 0.238 e. The molecule has 88 valence electrons. The van der Waals surface area contributed by atoms with Gasteiger partial charge in [0.15, 0.2) is 11.6 Å². The maximum atomic E-state index is 13.3. The van der Waals surface area contributed by atoms with Crippen LogP contribution in [0.3, 0.4) is 0 Å². The van der Waals surface area contributed by atoms with Gasteiger partial charge in [-0.05, 0) is 18.7 Å². The van der Waals surface area contributed by atoms with Crippen LogP contribution in [-0.4, -0.2) is 26.1 Å². The number of hydrogen-bond acceptors (Lipinski definition) is 3. The molecule has 0 heterocycles. The minimum atomic E-state index is -0.497. The number of carbonyl (C=O) groups excluding carboxylic acids is 1. The minimum Gasteiger partial charge on any atom is -0.494 e. The first-order chi connectivity index (χ1) is 7.67. The molecule has 0 saturated heterocycles. The highest BCUT2D eigenvalue weighted by Crippen LogP contribution is 2.20. The standard InChI is InChI=1S/C11H15FN2O2/c1-3-13-7-11(15)14-8-4-5-10(16-2)9(12)6-8/h4-6,13H,3,7H2,1-2H3,(H,14,15). The van der Waals surface area contributed by atoms with Crippen molar-refractivity contribution >= 4 is 11.6 Å². The summed E-state index contributed by atoms with van der Waals surface area (Å²) in [5.41, 5.74) is 0.418. The Balaban J connectivity index is 2.61. The van der Waals surface area contributed by atoms with Gasteiger partial charge in [-0.3, -0.25) is 4.79 Å². The number of benzene rings is 1. The molecule has 4 nitrogen and oxygen atoms in total. The Bertz CT molecular complexity index is 369. The topological polar surface area (TPSA) is 50.4 Å². The Morgan fingerprint density at radius 1 is 1.50 bits per heavy atom. The molecule has 0 aliphatic carbocycles. The van der Waals surface area contributed by atoms with Gasteiger partial charge in [-0.1, -0.05) is 6.92 Å². The Kier molecular flexibility index (Phi) is 4.72. The van der Waals surface area contributed by atoms with Gasteiger partial charge >= 0.3 is 0 Å². The molecule has 0 bridgehead atoms. The molecule has 0 aromatic heterocycles. The lowest BCUT2D eigenvalue weighted by atomic mass is 10.3. The molecule has 0 unspecified atom stereocenters. The highest BCUT2D eigenvalue weighted by molar-refractivity contribution is 5.92. The third kappa shape index (κ3) is 3.51. The molecule has 0 spiro atoms. The number of methoxy groups -OCH3 is 1. The SMILES string of the molecule is CCNCC(=O)Nc1ccc(OC)c(F)c1. The highest BCUT2D eigenvalue weighted by Gasteiger charge is 2.05. The zero-order valence-corrected chi connectivity index (χ0v) is 9.34. The van der Waals surface area contributed by atoms with E-state index in [4.69, 9.17) is 4.74 Å². The van der Waals surface area contributed by atoms with Gasteiger partial charge in [0.05, 0.1) is 13.7 Å². The minimum absolute atomic E-state index is 0.157. The fourth-order valence-corrected chi connectivity index (χ4v) is 1.19. The third-order valence-electron chi connectivity index (χ3n) is 1.97. The molecule has 2 N–H and O–H groups in total. The second kappa shape index (κ2) is 6.07. The van der Waals surface area contributed by atoms with E-state index in [-0.39, 0.29) is 18.2 Å². The monoisotopic (exact) mass is 226 g/mol. The number of amides is 1. The second-order valence-corrected chi connectivity index (χ2v) is 3.18. The summed E-state index contributed by atoms with van der Waals surface area (Å²) < 4.78 is 18.0. The van der Waals surface area contributed by atoms with Crippen LogP contribution >= 0.6 is 0 Å². The fourth-order valence-electron chi connectivity index (χ4n) is 1.19. The number of anilines is 1. The third-order valence-corrected chi connectivity index (χ3v) is 1.97. The van der Waals surface area contributed by atoms with Crippen LogP contribution < -0.4 is 15.4 Å². The number of rotatable bonds is 5. The van der Waals surface area contributed by atoms with Gasteiger partial charge in [0.1, 0.15) is 0 Å². The second-order valence-electron chi connectivity index (χ2n) is 3.18. The van der Waals surface area contributed by atoms with Crippen molar-refractivity contribution in [2.75, 3.05) is 25.5 Å². The van der Waals surface area contributed by atoms with E-state index in [2.05, 4.69) is 10.6 Å². The first kappa shape index (κ1) is 12.4. The number of halogens is 1. The van der Waals surface area contributed by atoms with Gasteiger partial charge in [-0.15, -0.1) is 0 Å². The van der Waals surface area contributed by atoms with Crippen LogP contribution in [0.5, 0.6) is 5.75 Å². The number of carbonyl (C=O) groups is 1. The molecule has 0 fully saturated rings. The van der Waals surface area contributed by atoms with Crippen molar-refractivity contribution in [1.82, 2.24) is 5.32 Å². The van der Waals surface area contributed by atoms with Gasteiger partial charge < -0.3 is 15.4 Å². The van der Waals surface area contributed by atoms with Crippen LogP contribution in [0.4, 0.5) is 10.1 Å². The van der Waals surface area contributed by atoms with Crippen LogP contribution in [-0.2, 0) is 4.79 Å². The lowest BCUT2D eigenvalue weighted by Gasteiger charge is -2.07. The lowest BCUT2D eigenvalue weighted by molar-refractivity contribution is -0.115. The summed E-state index contributed by atoms with van der Waals surface area (Å²) in [5, 5.41) is 5.45. The number of ether oxygens (including phenoxy) is 1.